The van der Waals surface area contributed by atoms with Crippen LogP contribution in [0.25, 0.3) is 0 Å². The fourth-order valence-corrected chi connectivity index (χ4v) is 2.57. The van der Waals surface area contributed by atoms with Gasteiger partial charge in [-0.2, -0.15) is 0 Å². The molecule has 2 rings (SSSR count). The molecule has 0 saturated carbocycles. The summed E-state index contributed by atoms with van der Waals surface area (Å²) in [6.07, 6.45) is 0. The average Bonchev–Trinajstić information content (AvgIpc) is 2.63. The van der Waals surface area contributed by atoms with Crippen molar-refractivity contribution in [2.45, 2.75) is 27.1 Å². The van der Waals surface area contributed by atoms with Crippen molar-refractivity contribution < 1.29 is 14.3 Å². The molecule has 0 aliphatic heterocycles. The van der Waals surface area contributed by atoms with Gasteiger partial charge in [0.1, 0.15) is 5.75 Å². The van der Waals surface area contributed by atoms with Gasteiger partial charge >= 0.3 is 0 Å². The molecular weight excluding hydrogens is 302 g/mol. The number of carbonyl (C=O) groups excluding carboxylic acids is 1. The number of nitrogens with zero attached hydrogens (tertiary/aromatic N) is 1. The number of benzene rings is 2. The lowest BCUT2D eigenvalue weighted by Crippen LogP contribution is -2.30. The SMILES string of the molecule is CCN(CC)C(=O)c1ccc(OC)c(COCc2ccccc2)c1. The molecule has 2 aromatic rings. The normalized spacial score (nSPS) is 10.5. The van der Waals surface area contributed by atoms with Crippen LogP contribution in [-0.4, -0.2) is 31.0 Å². The molecular formula is C20H25NO3. The number of methoxy groups -OCH3 is 1. The molecule has 0 fully saturated rings. The largest absolute Gasteiger partial charge is 0.496 e. The molecule has 0 radical (unpaired) electrons. The molecule has 0 saturated heterocycles. The molecule has 2 aromatic carbocycles. The number of hydrogen-bond acceptors (Lipinski definition) is 3. The monoisotopic (exact) mass is 327 g/mol. The van der Waals surface area contributed by atoms with E-state index >= 15 is 0 Å². The zero-order valence-corrected chi connectivity index (χ0v) is 14.6. The van der Waals surface area contributed by atoms with Crippen molar-refractivity contribution in [1.29, 1.82) is 0 Å². The van der Waals surface area contributed by atoms with Gasteiger partial charge in [-0.25, -0.2) is 0 Å². The van der Waals surface area contributed by atoms with Crippen LogP contribution < -0.4 is 4.74 Å². The highest BCUT2D eigenvalue weighted by Crippen LogP contribution is 2.22. The van der Waals surface area contributed by atoms with Gasteiger partial charge in [0.15, 0.2) is 0 Å². The summed E-state index contributed by atoms with van der Waals surface area (Å²) < 4.78 is 11.2. The van der Waals surface area contributed by atoms with Crippen LogP contribution in [0.5, 0.6) is 5.75 Å². The number of hydrogen-bond donors (Lipinski definition) is 0. The van der Waals surface area contributed by atoms with E-state index in [0.717, 1.165) is 16.9 Å². The predicted octanol–water partition coefficient (Wildman–Crippen LogP) is 3.89. The Bertz CT molecular complexity index is 651. The predicted molar refractivity (Wildman–Crippen MR) is 95.2 cm³/mol. The molecule has 0 heterocycles. The maximum Gasteiger partial charge on any atom is 0.253 e. The third-order valence-corrected chi connectivity index (χ3v) is 3.95. The van der Waals surface area contributed by atoms with E-state index in [2.05, 4.69) is 0 Å². The average molecular weight is 327 g/mol. The maximum absolute atomic E-state index is 12.5. The van der Waals surface area contributed by atoms with Crippen LogP contribution in [0.3, 0.4) is 0 Å². The van der Waals surface area contributed by atoms with Gasteiger partial charge in [0, 0.05) is 24.2 Å². The van der Waals surface area contributed by atoms with Crippen LogP contribution >= 0.6 is 0 Å². The molecule has 24 heavy (non-hydrogen) atoms. The highest BCUT2D eigenvalue weighted by Gasteiger charge is 2.15. The zero-order valence-electron chi connectivity index (χ0n) is 14.6. The Labute approximate surface area is 144 Å². The third-order valence-electron chi connectivity index (χ3n) is 3.95. The lowest BCUT2D eigenvalue weighted by molar-refractivity contribution is 0.0772. The smallest absolute Gasteiger partial charge is 0.253 e. The number of rotatable bonds is 8. The van der Waals surface area contributed by atoms with Crippen LogP contribution in [0.1, 0.15) is 35.3 Å². The van der Waals surface area contributed by atoms with Crippen molar-refractivity contribution in [3.63, 3.8) is 0 Å². The van der Waals surface area contributed by atoms with E-state index in [-0.39, 0.29) is 5.91 Å². The summed E-state index contributed by atoms with van der Waals surface area (Å²) in [7, 11) is 1.63. The molecule has 0 spiro atoms. The van der Waals surface area contributed by atoms with Gasteiger partial charge < -0.3 is 14.4 Å². The Morgan fingerprint density at radius 3 is 2.33 bits per heavy atom. The Morgan fingerprint density at radius 1 is 1.00 bits per heavy atom. The summed E-state index contributed by atoms with van der Waals surface area (Å²) >= 11 is 0. The summed E-state index contributed by atoms with van der Waals surface area (Å²) in [5, 5.41) is 0. The summed E-state index contributed by atoms with van der Waals surface area (Å²) in [4.78, 5) is 14.3. The molecule has 0 atom stereocenters. The summed E-state index contributed by atoms with van der Waals surface area (Å²) in [5.74, 6) is 0.770. The quantitative estimate of drug-likeness (QED) is 0.738. The number of ether oxygens (including phenoxy) is 2. The first-order chi connectivity index (χ1) is 11.7. The zero-order chi connectivity index (χ0) is 17.4. The van der Waals surface area contributed by atoms with Gasteiger partial charge in [0.25, 0.3) is 5.91 Å². The Hall–Kier alpha value is -2.33. The van der Waals surface area contributed by atoms with Gasteiger partial charge in [-0.3, -0.25) is 4.79 Å². The minimum atomic E-state index is 0.0342. The van der Waals surface area contributed by atoms with Crippen molar-refractivity contribution in [2.24, 2.45) is 0 Å². The molecule has 0 aliphatic rings. The molecule has 4 nitrogen and oxygen atoms in total. The number of carbonyl (C=O) groups is 1. The molecule has 1 amide bonds. The first kappa shape index (κ1) is 18.0. The minimum Gasteiger partial charge on any atom is -0.496 e. The standard InChI is InChI=1S/C20H25NO3/c1-4-21(5-2)20(22)17-11-12-19(23-3)18(13-17)15-24-14-16-9-7-6-8-10-16/h6-13H,4-5,14-15H2,1-3H3. The van der Waals surface area contributed by atoms with Crippen LogP contribution in [0.4, 0.5) is 0 Å². The minimum absolute atomic E-state index is 0.0342. The van der Waals surface area contributed by atoms with E-state index < -0.39 is 0 Å². The molecule has 0 aliphatic carbocycles. The van der Waals surface area contributed by atoms with Crippen molar-refractivity contribution in [2.75, 3.05) is 20.2 Å². The lowest BCUT2D eigenvalue weighted by Gasteiger charge is -2.19. The van der Waals surface area contributed by atoms with E-state index in [4.69, 9.17) is 9.47 Å². The van der Waals surface area contributed by atoms with Crippen LogP contribution in [-0.2, 0) is 18.0 Å². The fraction of sp³-hybridized carbons (Fsp3) is 0.350. The molecule has 4 heteroatoms. The second-order valence-corrected chi connectivity index (χ2v) is 5.48. The van der Waals surface area contributed by atoms with Crippen molar-refractivity contribution in [3.05, 3.63) is 65.2 Å². The topological polar surface area (TPSA) is 38.8 Å². The molecule has 0 unspecified atom stereocenters. The van der Waals surface area contributed by atoms with E-state index in [9.17, 15) is 4.79 Å². The second-order valence-electron chi connectivity index (χ2n) is 5.48. The molecule has 0 aromatic heterocycles. The second kappa shape index (κ2) is 9.08. The van der Waals surface area contributed by atoms with E-state index in [0.29, 0.717) is 31.9 Å². The maximum atomic E-state index is 12.5. The number of amides is 1. The van der Waals surface area contributed by atoms with Gasteiger partial charge in [-0.15, -0.1) is 0 Å². The summed E-state index contributed by atoms with van der Waals surface area (Å²) in [6, 6.07) is 15.5. The van der Waals surface area contributed by atoms with Crippen molar-refractivity contribution in [1.82, 2.24) is 4.90 Å². The van der Waals surface area contributed by atoms with Crippen LogP contribution in [0, 0.1) is 0 Å². The Morgan fingerprint density at radius 2 is 1.71 bits per heavy atom. The summed E-state index contributed by atoms with van der Waals surface area (Å²) in [5.41, 5.74) is 2.66. The molecule has 0 bridgehead atoms. The van der Waals surface area contributed by atoms with Gasteiger partial charge in [0.05, 0.1) is 20.3 Å². The lowest BCUT2D eigenvalue weighted by atomic mass is 10.1. The van der Waals surface area contributed by atoms with Gasteiger partial charge in [0.2, 0.25) is 0 Å². The highest BCUT2D eigenvalue weighted by atomic mass is 16.5. The van der Waals surface area contributed by atoms with Crippen molar-refractivity contribution in [3.8, 4) is 5.75 Å². The van der Waals surface area contributed by atoms with Crippen molar-refractivity contribution >= 4 is 5.91 Å². The first-order valence-corrected chi connectivity index (χ1v) is 8.27. The Kier molecular flexibility index (Phi) is 6.82. The molecule has 0 N–H and O–H groups in total. The fourth-order valence-electron chi connectivity index (χ4n) is 2.57. The highest BCUT2D eigenvalue weighted by molar-refractivity contribution is 5.94. The summed E-state index contributed by atoms with van der Waals surface area (Å²) in [6.45, 7) is 6.28. The van der Waals surface area contributed by atoms with Crippen LogP contribution in [0.2, 0.25) is 0 Å². The van der Waals surface area contributed by atoms with E-state index in [1.54, 1.807) is 18.1 Å². The van der Waals surface area contributed by atoms with Crippen LogP contribution in [0.15, 0.2) is 48.5 Å². The van der Waals surface area contributed by atoms with Gasteiger partial charge in [-0.1, -0.05) is 30.3 Å². The Balaban J connectivity index is 2.09. The molecule has 128 valence electrons. The first-order valence-electron chi connectivity index (χ1n) is 8.27. The third kappa shape index (κ3) is 4.59. The van der Waals surface area contributed by atoms with E-state index in [1.807, 2.05) is 56.3 Å². The van der Waals surface area contributed by atoms with Gasteiger partial charge in [-0.05, 0) is 37.6 Å². The van der Waals surface area contributed by atoms with E-state index in [1.165, 1.54) is 0 Å².